The molecule has 0 aliphatic carbocycles. The van der Waals surface area contributed by atoms with Gasteiger partial charge in [-0.05, 0) is 60.0 Å². The van der Waals surface area contributed by atoms with Crippen LogP contribution in [0.3, 0.4) is 0 Å². The van der Waals surface area contributed by atoms with E-state index in [4.69, 9.17) is 27.9 Å². The Kier molecular flexibility index (Phi) is 7.71. The van der Waals surface area contributed by atoms with Crippen LogP contribution < -0.4 is 10.1 Å². The van der Waals surface area contributed by atoms with Crippen LogP contribution in [-0.2, 0) is 0 Å². The van der Waals surface area contributed by atoms with E-state index in [-0.39, 0.29) is 23.6 Å². The second-order valence-corrected chi connectivity index (χ2v) is 9.14. The normalized spacial score (nSPS) is 16.0. The van der Waals surface area contributed by atoms with Crippen LogP contribution in [-0.4, -0.2) is 54.3 Å². The van der Waals surface area contributed by atoms with Gasteiger partial charge in [-0.25, -0.2) is 4.39 Å². The van der Waals surface area contributed by atoms with Crippen molar-refractivity contribution in [3.63, 3.8) is 0 Å². The van der Waals surface area contributed by atoms with Crippen LogP contribution in [0.5, 0.6) is 5.75 Å². The Morgan fingerprint density at radius 1 is 1.09 bits per heavy atom. The fourth-order valence-electron chi connectivity index (χ4n) is 4.00. The molecule has 3 aromatic rings. The lowest BCUT2D eigenvalue weighted by Crippen LogP contribution is -2.47. The van der Waals surface area contributed by atoms with Crippen molar-refractivity contribution < 1.29 is 19.0 Å². The van der Waals surface area contributed by atoms with E-state index in [0.717, 1.165) is 36.7 Å². The van der Waals surface area contributed by atoms with Crippen molar-refractivity contribution >= 4 is 39.9 Å². The summed E-state index contributed by atoms with van der Waals surface area (Å²) in [7, 11) is 0. The summed E-state index contributed by atoms with van der Waals surface area (Å²) in [5.74, 6) is -0.316. The highest BCUT2D eigenvalue weighted by Crippen LogP contribution is 2.22. The van der Waals surface area contributed by atoms with Gasteiger partial charge in [-0.2, -0.15) is 0 Å². The van der Waals surface area contributed by atoms with E-state index in [0.29, 0.717) is 22.9 Å². The number of piperidine rings is 1. The van der Waals surface area contributed by atoms with Gasteiger partial charge in [-0.15, -0.1) is 0 Å². The summed E-state index contributed by atoms with van der Waals surface area (Å²) in [6, 6.07) is 15.5. The molecule has 0 saturated carbocycles. The summed E-state index contributed by atoms with van der Waals surface area (Å²) in [5, 5.41) is 16.1. The Morgan fingerprint density at radius 3 is 2.58 bits per heavy atom. The molecule has 8 heteroatoms. The van der Waals surface area contributed by atoms with Crippen LogP contribution in [0, 0.1) is 5.82 Å². The number of nitrogens with one attached hydrogen (secondary N) is 1. The van der Waals surface area contributed by atoms with E-state index in [1.807, 2.05) is 36.4 Å². The number of aliphatic hydroxyl groups is 1. The van der Waals surface area contributed by atoms with Gasteiger partial charge >= 0.3 is 0 Å². The Bertz CT molecular complexity index is 1140. The molecule has 1 aliphatic heterocycles. The summed E-state index contributed by atoms with van der Waals surface area (Å²) in [6.45, 7) is 2.02. The smallest absolute Gasteiger partial charge is 0.251 e. The second kappa shape index (κ2) is 10.7. The molecule has 0 aromatic heterocycles. The number of halogens is 3. The van der Waals surface area contributed by atoms with Gasteiger partial charge in [0.25, 0.3) is 5.91 Å². The lowest BCUT2D eigenvalue weighted by atomic mass is 10.0. The van der Waals surface area contributed by atoms with Gasteiger partial charge in [0.2, 0.25) is 0 Å². The van der Waals surface area contributed by atoms with Crippen molar-refractivity contribution in [1.29, 1.82) is 0 Å². The molecule has 1 amide bonds. The number of ether oxygens (including phenoxy) is 1. The van der Waals surface area contributed by atoms with Gasteiger partial charge in [-0.1, -0.05) is 35.3 Å². The maximum atomic E-state index is 13.5. The third-order valence-corrected chi connectivity index (χ3v) is 6.33. The minimum Gasteiger partial charge on any atom is -0.491 e. The van der Waals surface area contributed by atoms with Crippen LogP contribution in [0.2, 0.25) is 10.0 Å². The molecule has 0 bridgehead atoms. The number of hydrogen-bond donors (Lipinski definition) is 2. The molecular weight excluding hydrogens is 466 g/mol. The fourth-order valence-corrected chi connectivity index (χ4v) is 4.29. The molecule has 1 aliphatic rings. The lowest BCUT2D eigenvalue weighted by Gasteiger charge is -2.33. The minimum atomic E-state index is -0.707. The van der Waals surface area contributed by atoms with Gasteiger partial charge in [0, 0.05) is 42.3 Å². The molecule has 2 N–H and O–H groups in total. The summed E-state index contributed by atoms with van der Waals surface area (Å²) in [4.78, 5) is 14.8. The van der Waals surface area contributed by atoms with Crippen LogP contribution in [0.4, 0.5) is 4.39 Å². The summed E-state index contributed by atoms with van der Waals surface area (Å²) in [6.07, 6.45) is 0.886. The number of likely N-dealkylation sites (tertiary alicyclic amines) is 1. The van der Waals surface area contributed by atoms with Crippen molar-refractivity contribution in [3.05, 3.63) is 76.0 Å². The number of nitrogens with zero attached hydrogens (tertiary/aromatic N) is 1. The molecule has 0 radical (unpaired) electrons. The maximum absolute atomic E-state index is 13.5. The number of fused-ring (bicyclic) bond motifs is 1. The number of amides is 1. The molecule has 3 aromatic carbocycles. The van der Waals surface area contributed by atoms with Gasteiger partial charge in [0.1, 0.15) is 24.3 Å². The minimum absolute atomic E-state index is 0.0309. The Balaban J connectivity index is 1.22. The molecule has 1 fully saturated rings. The zero-order chi connectivity index (χ0) is 23.4. The average Bonchev–Trinajstić information content (AvgIpc) is 2.80. The predicted molar refractivity (Wildman–Crippen MR) is 129 cm³/mol. The second-order valence-electron chi connectivity index (χ2n) is 8.30. The van der Waals surface area contributed by atoms with Crippen molar-refractivity contribution in [2.45, 2.75) is 25.0 Å². The first-order valence-corrected chi connectivity index (χ1v) is 11.6. The molecule has 5 nitrogen and oxygen atoms in total. The molecule has 1 heterocycles. The summed E-state index contributed by atoms with van der Waals surface area (Å²) in [5.41, 5.74) is 0.624. The lowest BCUT2D eigenvalue weighted by molar-refractivity contribution is 0.0567. The van der Waals surface area contributed by atoms with E-state index in [1.54, 1.807) is 6.07 Å². The standard InChI is InChI=1S/C25H25Cl2FN2O3/c26-19-4-3-16-11-18(2-1-17(16)12-19)25(32)29-20-7-9-30(10-8-20)14-21(31)15-33-22-5-6-23(27)24(28)13-22/h1-6,11-13,20-21,31H,7-10,14-15H2,(H,29,32). The highest BCUT2D eigenvalue weighted by Gasteiger charge is 2.23. The molecule has 4 rings (SSSR count). The Morgan fingerprint density at radius 2 is 1.82 bits per heavy atom. The number of carbonyl (C=O) groups is 1. The van der Waals surface area contributed by atoms with Crippen LogP contribution >= 0.6 is 23.2 Å². The van der Waals surface area contributed by atoms with E-state index in [2.05, 4.69) is 10.2 Å². The Labute approximate surface area is 202 Å². The average molecular weight is 491 g/mol. The first-order chi connectivity index (χ1) is 15.9. The number of aliphatic hydroxyl groups excluding tert-OH is 1. The van der Waals surface area contributed by atoms with E-state index in [1.165, 1.54) is 12.1 Å². The molecule has 0 spiro atoms. The number of β-amino-alcohol motifs (C(OH)–C–C–N with tert-alkyl or cyclic N) is 1. The SMILES string of the molecule is O=C(NC1CCN(CC(O)COc2ccc(Cl)c(F)c2)CC1)c1ccc2cc(Cl)ccc2c1. The number of benzene rings is 3. The highest BCUT2D eigenvalue weighted by molar-refractivity contribution is 6.31. The first kappa shape index (κ1) is 23.8. The number of rotatable bonds is 7. The zero-order valence-corrected chi connectivity index (χ0v) is 19.5. The molecule has 174 valence electrons. The predicted octanol–water partition coefficient (Wildman–Crippen LogP) is 4.92. The fraction of sp³-hybridized carbons (Fsp3) is 0.320. The van der Waals surface area contributed by atoms with Crippen LogP contribution in [0.15, 0.2) is 54.6 Å². The molecular formula is C25H25Cl2FN2O3. The summed E-state index contributed by atoms with van der Waals surface area (Å²) < 4.78 is 18.9. The molecule has 1 saturated heterocycles. The quantitative estimate of drug-likeness (QED) is 0.493. The molecule has 1 unspecified atom stereocenters. The van der Waals surface area contributed by atoms with Crippen molar-refractivity contribution in [2.24, 2.45) is 0 Å². The zero-order valence-electron chi connectivity index (χ0n) is 17.9. The monoisotopic (exact) mass is 490 g/mol. The Hall–Kier alpha value is -2.38. The van der Waals surface area contributed by atoms with Gasteiger partial charge < -0.3 is 20.1 Å². The van der Waals surface area contributed by atoms with Gasteiger partial charge in [0.05, 0.1) is 5.02 Å². The third-order valence-electron chi connectivity index (χ3n) is 5.79. The number of carbonyl (C=O) groups excluding carboxylic acids is 1. The number of hydrogen-bond acceptors (Lipinski definition) is 4. The van der Waals surface area contributed by atoms with Crippen LogP contribution in [0.25, 0.3) is 10.8 Å². The van der Waals surface area contributed by atoms with E-state index >= 15 is 0 Å². The topological polar surface area (TPSA) is 61.8 Å². The van der Waals surface area contributed by atoms with Crippen molar-refractivity contribution in [2.75, 3.05) is 26.2 Å². The van der Waals surface area contributed by atoms with Crippen molar-refractivity contribution in [1.82, 2.24) is 10.2 Å². The highest BCUT2D eigenvalue weighted by atomic mass is 35.5. The third kappa shape index (κ3) is 6.36. The van der Waals surface area contributed by atoms with E-state index < -0.39 is 11.9 Å². The maximum Gasteiger partial charge on any atom is 0.251 e. The molecule has 1 atom stereocenters. The van der Waals surface area contributed by atoms with Crippen LogP contribution in [0.1, 0.15) is 23.2 Å². The summed E-state index contributed by atoms with van der Waals surface area (Å²) >= 11 is 11.7. The molecule has 33 heavy (non-hydrogen) atoms. The van der Waals surface area contributed by atoms with Gasteiger partial charge in [0.15, 0.2) is 0 Å². The van der Waals surface area contributed by atoms with Gasteiger partial charge in [-0.3, -0.25) is 4.79 Å². The van der Waals surface area contributed by atoms with Crippen molar-refractivity contribution in [3.8, 4) is 5.75 Å². The van der Waals surface area contributed by atoms with E-state index in [9.17, 15) is 14.3 Å². The largest absolute Gasteiger partial charge is 0.491 e. The first-order valence-electron chi connectivity index (χ1n) is 10.9.